The van der Waals surface area contributed by atoms with Gasteiger partial charge in [0.1, 0.15) is 0 Å². The highest BCUT2D eigenvalue weighted by atomic mass is 32.1. The number of thiophene rings is 1. The van der Waals surface area contributed by atoms with Gasteiger partial charge in [-0.1, -0.05) is 11.3 Å². The van der Waals surface area contributed by atoms with Gasteiger partial charge in [0.05, 0.1) is 16.4 Å². The van der Waals surface area contributed by atoms with Gasteiger partial charge in [0.15, 0.2) is 0 Å². The Kier molecular flexibility index (Phi) is 5.66. The quantitative estimate of drug-likeness (QED) is 0.609. The van der Waals surface area contributed by atoms with Gasteiger partial charge in [0.2, 0.25) is 0 Å². The first kappa shape index (κ1) is 15.9. The predicted molar refractivity (Wildman–Crippen MR) is 79.8 cm³/mol. The molecule has 2 heterocycles. The third kappa shape index (κ3) is 4.23. The summed E-state index contributed by atoms with van der Waals surface area (Å²) in [6.07, 6.45) is 2.16. The van der Waals surface area contributed by atoms with Gasteiger partial charge in [-0.05, 0) is 25.5 Å². The standard InChI is InChI=1S/C13H19N3O4S/c1-20-8-7-15(9-10-3-2-6-14-10)13(17)11-4-5-12(21-11)16(18)19/h4-5,10,14H,2-3,6-9H2,1H3. The van der Waals surface area contributed by atoms with E-state index in [0.717, 1.165) is 30.7 Å². The largest absolute Gasteiger partial charge is 0.383 e. The summed E-state index contributed by atoms with van der Waals surface area (Å²) in [7, 11) is 1.59. The average molecular weight is 313 g/mol. The van der Waals surface area contributed by atoms with Crippen LogP contribution in [0.1, 0.15) is 22.5 Å². The van der Waals surface area contributed by atoms with Crippen LogP contribution >= 0.6 is 11.3 Å². The molecule has 1 amide bonds. The average Bonchev–Trinajstić information content (AvgIpc) is 3.13. The Hall–Kier alpha value is -1.51. The first-order valence-electron chi connectivity index (χ1n) is 6.87. The zero-order valence-corrected chi connectivity index (χ0v) is 12.7. The molecular weight excluding hydrogens is 294 g/mol. The van der Waals surface area contributed by atoms with E-state index in [4.69, 9.17) is 4.74 Å². The zero-order valence-electron chi connectivity index (χ0n) is 11.9. The topological polar surface area (TPSA) is 84.7 Å². The Labute approximate surface area is 127 Å². The van der Waals surface area contributed by atoms with Gasteiger partial charge in [0, 0.05) is 32.3 Å². The molecule has 2 rings (SSSR count). The van der Waals surface area contributed by atoms with Crippen molar-refractivity contribution in [1.82, 2.24) is 10.2 Å². The molecule has 0 radical (unpaired) electrons. The number of methoxy groups -OCH3 is 1. The molecule has 0 saturated carbocycles. The minimum atomic E-state index is -0.473. The van der Waals surface area contributed by atoms with Crippen LogP contribution in [0, 0.1) is 10.1 Å². The Morgan fingerprint density at radius 3 is 3.00 bits per heavy atom. The molecule has 1 aromatic heterocycles. The molecule has 1 unspecified atom stereocenters. The van der Waals surface area contributed by atoms with Crippen LogP contribution in [0.3, 0.4) is 0 Å². The van der Waals surface area contributed by atoms with Gasteiger partial charge in [-0.2, -0.15) is 0 Å². The summed E-state index contributed by atoms with van der Waals surface area (Å²) in [6, 6.07) is 3.19. The van der Waals surface area contributed by atoms with Gasteiger partial charge >= 0.3 is 5.00 Å². The van der Waals surface area contributed by atoms with Crippen molar-refractivity contribution in [2.24, 2.45) is 0 Å². The monoisotopic (exact) mass is 313 g/mol. The molecule has 0 aromatic carbocycles. The maximum absolute atomic E-state index is 12.5. The summed E-state index contributed by atoms with van der Waals surface area (Å²) in [6.45, 7) is 2.51. The second-order valence-electron chi connectivity index (χ2n) is 4.93. The van der Waals surface area contributed by atoms with E-state index in [0.29, 0.717) is 30.6 Å². The van der Waals surface area contributed by atoms with Gasteiger partial charge < -0.3 is 15.0 Å². The molecule has 1 aliphatic heterocycles. The van der Waals surface area contributed by atoms with Gasteiger partial charge in [-0.15, -0.1) is 0 Å². The summed E-state index contributed by atoms with van der Waals surface area (Å²) in [4.78, 5) is 24.9. The molecule has 0 aliphatic carbocycles. The van der Waals surface area contributed by atoms with E-state index >= 15 is 0 Å². The van der Waals surface area contributed by atoms with Crippen LogP contribution in [0.25, 0.3) is 0 Å². The lowest BCUT2D eigenvalue weighted by Crippen LogP contribution is -2.42. The van der Waals surface area contributed by atoms with Gasteiger partial charge in [0.25, 0.3) is 5.91 Å². The summed E-state index contributed by atoms with van der Waals surface area (Å²) in [5.74, 6) is -0.168. The fraction of sp³-hybridized carbons (Fsp3) is 0.615. The molecule has 0 bridgehead atoms. The zero-order chi connectivity index (χ0) is 15.2. The number of carbonyl (C=O) groups excluding carboxylic acids is 1. The maximum Gasteiger partial charge on any atom is 0.324 e. The normalized spacial score (nSPS) is 17.9. The fourth-order valence-electron chi connectivity index (χ4n) is 2.35. The van der Waals surface area contributed by atoms with Crippen LogP contribution in [-0.2, 0) is 4.74 Å². The molecular formula is C13H19N3O4S. The summed E-state index contributed by atoms with van der Waals surface area (Å²) >= 11 is 0.917. The minimum absolute atomic E-state index is 0.0102. The van der Waals surface area contributed by atoms with Crippen molar-refractivity contribution in [3.05, 3.63) is 27.1 Å². The number of ether oxygens (including phenoxy) is 1. The second-order valence-corrected chi connectivity index (χ2v) is 5.99. The van der Waals surface area contributed by atoms with Crippen LogP contribution in [0.4, 0.5) is 5.00 Å². The van der Waals surface area contributed by atoms with Crippen molar-refractivity contribution >= 4 is 22.2 Å². The first-order chi connectivity index (χ1) is 10.1. The number of hydrogen-bond acceptors (Lipinski definition) is 6. The van der Waals surface area contributed by atoms with Crippen molar-refractivity contribution in [3.63, 3.8) is 0 Å². The lowest BCUT2D eigenvalue weighted by molar-refractivity contribution is -0.380. The van der Waals surface area contributed by atoms with Gasteiger partial charge in [-0.3, -0.25) is 14.9 Å². The van der Waals surface area contributed by atoms with E-state index < -0.39 is 4.92 Å². The highest BCUT2D eigenvalue weighted by Gasteiger charge is 2.24. The number of hydrogen-bond donors (Lipinski definition) is 1. The molecule has 1 saturated heterocycles. The van der Waals surface area contributed by atoms with Crippen LogP contribution in [-0.4, -0.2) is 55.1 Å². The van der Waals surface area contributed by atoms with Crippen LogP contribution in [0.2, 0.25) is 0 Å². The summed E-state index contributed by atoms with van der Waals surface area (Å²) < 4.78 is 5.05. The first-order valence-corrected chi connectivity index (χ1v) is 7.69. The van der Waals surface area contributed by atoms with E-state index in [9.17, 15) is 14.9 Å². The smallest absolute Gasteiger partial charge is 0.324 e. The predicted octanol–water partition coefficient (Wildman–Crippen LogP) is 1.50. The van der Waals surface area contributed by atoms with Crippen molar-refractivity contribution in [2.45, 2.75) is 18.9 Å². The number of nitrogens with one attached hydrogen (secondary N) is 1. The lowest BCUT2D eigenvalue weighted by atomic mass is 10.2. The Balaban J connectivity index is 2.05. The number of amides is 1. The van der Waals surface area contributed by atoms with Crippen molar-refractivity contribution in [2.75, 3.05) is 33.4 Å². The molecule has 1 atom stereocenters. The highest BCUT2D eigenvalue weighted by Crippen LogP contribution is 2.25. The molecule has 0 spiro atoms. The maximum atomic E-state index is 12.5. The van der Waals surface area contributed by atoms with Crippen molar-refractivity contribution in [1.29, 1.82) is 0 Å². The van der Waals surface area contributed by atoms with Gasteiger partial charge in [-0.25, -0.2) is 0 Å². The molecule has 8 heteroatoms. The van der Waals surface area contributed by atoms with E-state index in [2.05, 4.69) is 5.32 Å². The van der Waals surface area contributed by atoms with E-state index in [-0.39, 0.29) is 10.9 Å². The van der Waals surface area contributed by atoms with Crippen LogP contribution in [0.5, 0.6) is 0 Å². The fourth-order valence-corrected chi connectivity index (χ4v) is 3.14. The lowest BCUT2D eigenvalue weighted by Gasteiger charge is -2.25. The Morgan fingerprint density at radius 1 is 1.62 bits per heavy atom. The number of rotatable bonds is 7. The summed E-state index contributed by atoms with van der Waals surface area (Å²) in [5.41, 5.74) is 0. The molecule has 1 fully saturated rings. The highest BCUT2D eigenvalue weighted by molar-refractivity contribution is 7.17. The van der Waals surface area contributed by atoms with E-state index in [1.165, 1.54) is 12.1 Å². The summed E-state index contributed by atoms with van der Waals surface area (Å²) in [5, 5.41) is 14.1. The molecule has 1 aliphatic rings. The number of nitro groups is 1. The molecule has 1 N–H and O–H groups in total. The minimum Gasteiger partial charge on any atom is -0.383 e. The third-order valence-corrected chi connectivity index (χ3v) is 4.46. The molecule has 116 valence electrons. The Morgan fingerprint density at radius 2 is 2.43 bits per heavy atom. The second kappa shape index (κ2) is 7.48. The molecule has 7 nitrogen and oxygen atoms in total. The van der Waals surface area contributed by atoms with Crippen LogP contribution < -0.4 is 5.32 Å². The number of carbonyl (C=O) groups is 1. The van der Waals surface area contributed by atoms with E-state index in [1.807, 2.05) is 0 Å². The molecule has 21 heavy (non-hydrogen) atoms. The van der Waals surface area contributed by atoms with E-state index in [1.54, 1.807) is 12.0 Å². The third-order valence-electron chi connectivity index (χ3n) is 3.44. The Bertz CT molecular complexity index is 499. The SMILES string of the molecule is COCCN(CC1CCCN1)C(=O)c1ccc([N+](=O)[O-])s1. The van der Waals surface area contributed by atoms with Crippen molar-refractivity contribution in [3.8, 4) is 0 Å². The van der Waals surface area contributed by atoms with Crippen molar-refractivity contribution < 1.29 is 14.5 Å². The molecule has 1 aromatic rings. The number of nitrogens with zero attached hydrogens (tertiary/aromatic N) is 2. The van der Waals surface area contributed by atoms with Crippen LogP contribution in [0.15, 0.2) is 12.1 Å².